The monoisotopic (exact) mass is 1010 g/mol. The highest BCUT2D eigenvalue weighted by molar-refractivity contribution is 8.27. The standard InChI is InChI=1S/C51H81N9O8S2/c1-18-29(7)38(57-40(61)35(55-48(66)68-49(10,11)12)25-32-26-52-34-23-21-20-22-33(32)34)41(62)53-31(9)44-60-51(15,16)47(70-44)58-39(30(8)19-2)42(63)56-37(28(5)6)43(69)59-50(13,14)46(65)54-36(24-27(3)4)45(64)67-17/h20-23,26-31,35-39,52H,18-19,24-25H2,1-17H3,(H,53,62)(H,54,65)(H,55,66)(H,56,63)(H,57,61)(H,59,69)/t29-,30-,31-,35-,36-,37-,38-,39-/m0/s1. The molecule has 1 aromatic carbocycles. The number of H-pyrrole nitrogens is 1. The first-order valence-electron chi connectivity index (χ1n) is 24.5. The Morgan fingerprint density at radius 2 is 1.43 bits per heavy atom. The fourth-order valence-corrected chi connectivity index (χ4v) is 9.37. The second kappa shape index (κ2) is 25.4. The molecule has 19 heteroatoms. The van der Waals surface area contributed by atoms with Crippen molar-refractivity contribution < 1.29 is 38.2 Å². The van der Waals surface area contributed by atoms with Crippen molar-refractivity contribution in [3.63, 3.8) is 0 Å². The van der Waals surface area contributed by atoms with Gasteiger partial charge in [-0.25, -0.2) is 9.59 Å². The number of carbonyl (C=O) groups is 6. The Balaban J connectivity index is 1.81. The number of aromatic nitrogens is 1. The van der Waals surface area contributed by atoms with Gasteiger partial charge in [0.05, 0.1) is 29.2 Å². The Bertz CT molecular complexity index is 2250. The van der Waals surface area contributed by atoms with Gasteiger partial charge in [-0.1, -0.05) is 110 Å². The third-order valence-corrected chi connectivity index (χ3v) is 14.0. The molecule has 390 valence electrons. The number of aliphatic imine (C=N–C) groups is 2. The van der Waals surface area contributed by atoms with E-state index in [1.54, 1.807) is 40.8 Å². The molecule has 2 heterocycles. The number of fused-ring (bicyclic) bond motifs is 1. The maximum Gasteiger partial charge on any atom is 0.408 e. The highest BCUT2D eigenvalue weighted by Crippen LogP contribution is 2.34. The van der Waals surface area contributed by atoms with E-state index >= 15 is 0 Å². The summed E-state index contributed by atoms with van der Waals surface area (Å²) >= 11 is 7.14. The van der Waals surface area contributed by atoms with E-state index in [0.717, 1.165) is 16.5 Å². The number of thioether (sulfide) groups is 1. The van der Waals surface area contributed by atoms with Crippen molar-refractivity contribution in [3.05, 3.63) is 36.0 Å². The quantitative estimate of drug-likeness (QED) is 0.0446. The maximum absolute atomic E-state index is 14.3. The first kappa shape index (κ1) is 59.3. The van der Waals surface area contributed by atoms with Gasteiger partial charge in [-0.3, -0.25) is 29.2 Å². The SMILES string of the molecule is CC[C@H](C)[C@H](N=C1SC([C@H](C)NC(=O)[C@@H](NC(=O)[C@H](Cc2c[nH]c3ccccc23)NC(=O)OC(C)(C)C)[C@@H](C)CC)=NC1(C)C)C(=O)N[C@H](C(=S)NC(C)(C)C(=O)N[C@@H](CC(C)C)C(=O)OC)C(C)C. The number of ether oxygens (including phenoxy) is 2. The maximum atomic E-state index is 14.3. The van der Waals surface area contributed by atoms with Gasteiger partial charge < -0.3 is 46.4 Å². The number of hydrogen-bond donors (Lipinski definition) is 7. The molecular formula is C51H81N9O8S2. The van der Waals surface area contributed by atoms with Crippen molar-refractivity contribution in [1.29, 1.82) is 0 Å². The number of carbonyl (C=O) groups excluding carboxylic acids is 6. The van der Waals surface area contributed by atoms with E-state index in [0.29, 0.717) is 29.3 Å². The largest absolute Gasteiger partial charge is 0.467 e. The van der Waals surface area contributed by atoms with Crippen molar-refractivity contribution in [1.82, 2.24) is 36.9 Å². The molecule has 0 bridgehead atoms. The van der Waals surface area contributed by atoms with Gasteiger partial charge in [-0.15, -0.1) is 0 Å². The van der Waals surface area contributed by atoms with Gasteiger partial charge in [0.25, 0.3) is 0 Å². The minimum absolute atomic E-state index is 0.119. The van der Waals surface area contributed by atoms with E-state index in [1.807, 2.05) is 100 Å². The summed E-state index contributed by atoms with van der Waals surface area (Å²) in [5, 5.41) is 19.9. The molecule has 8 atom stereocenters. The molecule has 0 aliphatic carbocycles. The van der Waals surface area contributed by atoms with Crippen molar-refractivity contribution in [2.75, 3.05) is 7.11 Å². The van der Waals surface area contributed by atoms with E-state index in [-0.39, 0.29) is 41.0 Å². The summed E-state index contributed by atoms with van der Waals surface area (Å²) in [6.07, 6.45) is 2.78. The smallest absolute Gasteiger partial charge is 0.408 e. The Hall–Kier alpha value is -5.04. The predicted octanol–water partition coefficient (Wildman–Crippen LogP) is 6.92. The van der Waals surface area contributed by atoms with Crippen LogP contribution in [0.1, 0.15) is 136 Å². The molecule has 0 unspecified atom stereocenters. The molecule has 0 radical (unpaired) electrons. The minimum Gasteiger partial charge on any atom is -0.467 e. The third-order valence-electron chi connectivity index (χ3n) is 12.2. The number of methoxy groups -OCH3 is 1. The van der Waals surface area contributed by atoms with Crippen LogP contribution in [0.4, 0.5) is 4.79 Å². The number of hydrogen-bond acceptors (Lipinski definition) is 12. The van der Waals surface area contributed by atoms with Gasteiger partial charge in [0.2, 0.25) is 23.6 Å². The van der Waals surface area contributed by atoms with Crippen LogP contribution in [0.5, 0.6) is 0 Å². The fourth-order valence-electron chi connectivity index (χ4n) is 7.62. The normalized spacial score (nSPS) is 17.8. The fraction of sp³-hybridized carbons (Fsp3) is 0.667. The summed E-state index contributed by atoms with van der Waals surface area (Å²) in [5.41, 5.74) is -1.21. The number of alkyl carbamates (subject to hydrolysis) is 1. The molecule has 7 N–H and O–H groups in total. The van der Waals surface area contributed by atoms with E-state index in [2.05, 4.69) is 36.9 Å². The molecule has 3 rings (SSSR count). The second-order valence-electron chi connectivity index (χ2n) is 21.3. The van der Waals surface area contributed by atoms with Crippen LogP contribution < -0.4 is 31.9 Å². The Morgan fingerprint density at radius 1 is 0.814 bits per heavy atom. The van der Waals surface area contributed by atoms with Crippen molar-refractivity contribution in [2.24, 2.45) is 33.7 Å². The zero-order chi connectivity index (χ0) is 53.1. The van der Waals surface area contributed by atoms with Gasteiger partial charge in [-0.2, -0.15) is 0 Å². The van der Waals surface area contributed by atoms with Crippen LogP contribution in [0.25, 0.3) is 10.9 Å². The number of benzene rings is 1. The van der Waals surface area contributed by atoms with Gasteiger partial charge in [0, 0.05) is 23.5 Å². The Kier molecular flexibility index (Phi) is 21.5. The van der Waals surface area contributed by atoms with Crippen molar-refractivity contribution in [2.45, 2.75) is 189 Å². The van der Waals surface area contributed by atoms with Crippen molar-refractivity contribution in [3.8, 4) is 0 Å². The topological polar surface area (TPSA) is 234 Å². The number of nitrogens with zero attached hydrogens (tertiary/aromatic N) is 2. The van der Waals surface area contributed by atoms with E-state index in [4.69, 9.17) is 31.7 Å². The molecular weight excluding hydrogens is 931 g/mol. The van der Waals surface area contributed by atoms with Crippen LogP contribution in [-0.2, 0) is 39.9 Å². The average Bonchev–Trinajstić information content (AvgIpc) is 3.82. The molecule has 17 nitrogen and oxygen atoms in total. The Labute approximate surface area is 425 Å². The lowest BCUT2D eigenvalue weighted by Crippen LogP contribution is -2.62. The van der Waals surface area contributed by atoms with Crippen LogP contribution in [0.3, 0.4) is 0 Å². The summed E-state index contributed by atoms with van der Waals surface area (Å²) in [5.74, 6) is -2.85. The molecule has 0 spiro atoms. The van der Waals surface area contributed by atoms with Crippen LogP contribution >= 0.6 is 24.0 Å². The zero-order valence-corrected chi connectivity index (χ0v) is 46.1. The number of nitrogens with one attached hydrogen (secondary N) is 7. The van der Waals surface area contributed by atoms with E-state index < -0.39 is 82.7 Å². The highest BCUT2D eigenvalue weighted by Gasteiger charge is 2.40. The first-order chi connectivity index (χ1) is 32.4. The van der Waals surface area contributed by atoms with Crippen LogP contribution in [-0.4, -0.2) is 116 Å². The molecule has 1 aliphatic rings. The van der Waals surface area contributed by atoms with Crippen LogP contribution in [0.2, 0.25) is 0 Å². The highest BCUT2D eigenvalue weighted by atomic mass is 32.2. The molecule has 0 saturated carbocycles. The molecule has 5 amide bonds. The van der Waals surface area contributed by atoms with E-state index in [9.17, 15) is 28.8 Å². The summed E-state index contributed by atoms with van der Waals surface area (Å²) in [7, 11) is 1.28. The minimum atomic E-state index is -1.25. The summed E-state index contributed by atoms with van der Waals surface area (Å²) in [6.45, 7) is 29.6. The number of thiocarbonyl (C=S) groups is 1. The Morgan fingerprint density at radius 3 is 2.00 bits per heavy atom. The lowest BCUT2D eigenvalue weighted by molar-refractivity contribution is -0.146. The van der Waals surface area contributed by atoms with E-state index in [1.165, 1.54) is 18.9 Å². The summed E-state index contributed by atoms with van der Waals surface area (Å²) < 4.78 is 10.5. The van der Waals surface area contributed by atoms with Crippen LogP contribution in [0.15, 0.2) is 40.4 Å². The summed E-state index contributed by atoms with van der Waals surface area (Å²) in [4.78, 5) is 95.3. The number of para-hydroxylation sites is 1. The molecule has 1 aromatic heterocycles. The van der Waals surface area contributed by atoms with Gasteiger partial charge in [0.15, 0.2) is 0 Å². The molecule has 70 heavy (non-hydrogen) atoms. The third kappa shape index (κ3) is 16.8. The number of amides is 5. The number of aromatic amines is 1. The molecule has 0 fully saturated rings. The van der Waals surface area contributed by atoms with Gasteiger partial charge in [-0.05, 0) is 97.1 Å². The predicted molar refractivity (Wildman–Crippen MR) is 284 cm³/mol. The molecule has 0 saturated heterocycles. The number of esters is 1. The lowest BCUT2D eigenvalue weighted by atomic mass is 9.96. The first-order valence-corrected chi connectivity index (χ1v) is 25.7. The zero-order valence-electron chi connectivity index (χ0n) is 44.5. The summed E-state index contributed by atoms with van der Waals surface area (Å²) in [6, 6.07) is 2.69. The molecule has 1 aliphatic heterocycles. The van der Waals surface area contributed by atoms with Crippen molar-refractivity contribution >= 4 is 85.6 Å². The molecule has 2 aromatic rings. The average molecular weight is 1010 g/mol. The number of rotatable bonds is 23. The second-order valence-corrected chi connectivity index (χ2v) is 22.7. The van der Waals surface area contributed by atoms with Crippen LogP contribution in [0, 0.1) is 23.7 Å². The van der Waals surface area contributed by atoms with Gasteiger partial charge in [0.1, 0.15) is 45.9 Å². The van der Waals surface area contributed by atoms with Gasteiger partial charge >= 0.3 is 12.1 Å². The lowest BCUT2D eigenvalue weighted by Gasteiger charge is -2.33.